The molecule has 0 heterocycles. The third kappa shape index (κ3) is 4.91. The van der Waals surface area contributed by atoms with E-state index in [1.165, 1.54) is 12.1 Å². The van der Waals surface area contributed by atoms with Crippen molar-refractivity contribution in [3.8, 4) is 17.2 Å². The van der Waals surface area contributed by atoms with Gasteiger partial charge in [0.05, 0.1) is 5.56 Å². The quantitative estimate of drug-likeness (QED) is 0.457. The van der Waals surface area contributed by atoms with Gasteiger partial charge in [-0.2, -0.15) is 13.2 Å². The van der Waals surface area contributed by atoms with Crippen LogP contribution < -0.4 is 9.47 Å². The first-order chi connectivity index (χ1) is 13.3. The van der Waals surface area contributed by atoms with Crippen LogP contribution in [0.15, 0.2) is 72.8 Å². The molecule has 0 radical (unpaired) electrons. The molecule has 0 amide bonds. The summed E-state index contributed by atoms with van der Waals surface area (Å²) in [5.41, 5.74) is 0.581. The molecule has 0 aliphatic carbocycles. The SMILES string of the molecule is C[C@@H](Oc1ccc(C=O)cc1)c1cccc(Oc2cccc(C(F)(F)F)c2)c1. The maximum absolute atomic E-state index is 12.8. The monoisotopic (exact) mass is 386 g/mol. The molecule has 0 aromatic heterocycles. The Morgan fingerprint density at radius 1 is 0.857 bits per heavy atom. The summed E-state index contributed by atoms with van der Waals surface area (Å²) in [6.45, 7) is 1.84. The number of carbonyl (C=O) groups is 1. The lowest BCUT2D eigenvalue weighted by Crippen LogP contribution is -2.05. The Bertz CT molecular complexity index is 950. The van der Waals surface area contributed by atoms with E-state index in [9.17, 15) is 18.0 Å². The molecule has 0 saturated heterocycles. The third-order valence-corrected chi connectivity index (χ3v) is 4.05. The molecule has 0 aliphatic rings. The molecule has 144 valence electrons. The number of halogens is 3. The van der Waals surface area contributed by atoms with Crippen LogP contribution in [-0.2, 0) is 6.18 Å². The zero-order chi connectivity index (χ0) is 20.1. The standard InChI is InChI=1S/C22H17F3O3/c1-15(27-19-10-8-16(14-26)9-11-19)17-4-2-6-20(12-17)28-21-7-3-5-18(13-21)22(23,24)25/h2-15H,1H3/t15-/m1/s1. The number of ether oxygens (including phenoxy) is 2. The molecule has 3 rings (SSSR count). The van der Waals surface area contributed by atoms with Gasteiger partial charge in [-0.1, -0.05) is 18.2 Å². The van der Waals surface area contributed by atoms with Crippen LogP contribution >= 0.6 is 0 Å². The number of carbonyl (C=O) groups excluding carboxylic acids is 1. The van der Waals surface area contributed by atoms with Crippen molar-refractivity contribution >= 4 is 6.29 Å². The zero-order valence-corrected chi connectivity index (χ0v) is 14.9. The molecular formula is C22H17F3O3. The van der Waals surface area contributed by atoms with Crippen molar-refractivity contribution in [3.63, 3.8) is 0 Å². The Kier molecular flexibility index (Phi) is 5.68. The molecule has 3 nitrogen and oxygen atoms in total. The zero-order valence-electron chi connectivity index (χ0n) is 14.9. The molecule has 1 atom stereocenters. The van der Waals surface area contributed by atoms with Gasteiger partial charge in [-0.3, -0.25) is 4.79 Å². The van der Waals surface area contributed by atoms with Gasteiger partial charge in [0.15, 0.2) is 0 Å². The number of aldehydes is 1. The molecule has 3 aromatic carbocycles. The van der Waals surface area contributed by atoms with Crippen LogP contribution in [0.5, 0.6) is 17.2 Å². The highest BCUT2D eigenvalue weighted by molar-refractivity contribution is 5.74. The van der Waals surface area contributed by atoms with Gasteiger partial charge in [0.25, 0.3) is 0 Å². The first-order valence-electron chi connectivity index (χ1n) is 8.52. The van der Waals surface area contributed by atoms with Crippen LogP contribution in [0.1, 0.15) is 34.5 Å². The summed E-state index contributed by atoms with van der Waals surface area (Å²) in [6.07, 6.45) is -4.00. The molecule has 0 N–H and O–H groups in total. The summed E-state index contributed by atoms with van der Waals surface area (Å²) in [4.78, 5) is 10.7. The van der Waals surface area contributed by atoms with Crippen LogP contribution in [0, 0.1) is 0 Å². The maximum atomic E-state index is 12.8. The maximum Gasteiger partial charge on any atom is 0.416 e. The van der Waals surface area contributed by atoms with E-state index in [-0.39, 0.29) is 11.9 Å². The van der Waals surface area contributed by atoms with Crippen LogP contribution in [0.3, 0.4) is 0 Å². The van der Waals surface area contributed by atoms with Crippen molar-refractivity contribution in [2.24, 2.45) is 0 Å². The number of hydrogen-bond donors (Lipinski definition) is 0. The van der Waals surface area contributed by atoms with Crippen molar-refractivity contribution in [2.75, 3.05) is 0 Å². The molecule has 0 saturated carbocycles. The van der Waals surface area contributed by atoms with E-state index in [0.717, 1.165) is 24.0 Å². The second kappa shape index (κ2) is 8.17. The van der Waals surface area contributed by atoms with Gasteiger partial charge >= 0.3 is 6.18 Å². The average Bonchev–Trinajstić information content (AvgIpc) is 2.68. The fraction of sp³-hybridized carbons (Fsp3) is 0.136. The smallest absolute Gasteiger partial charge is 0.416 e. The normalized spacial score (nSPS) is 12.3. The summed E-state index contributed by atoms with van der Waals surface area (Å²) in [5.74, 6) is 1.11. The van der Waals surface area contributed by atoms with Gasteiger partial charge in [0.1, 0.15) is 29.6 Å². The molecule has 3 aromatic rings. The predicted octanol–water partition coefficient (Wildman–Crippen LogP) is 6.45. The molecule has 0 aliphatic heterocycles. The Hall–Kier alpha value is -3.28. The molecular weight excluding hydrogens is 369 g/mol. The molecule has 0 fully saturated rings. The van der Waals surface area contributed by atoms with Crippen molar-refractivity contribution < 1.29 is 27.4 Å². The van der Waals surface area contributed by atoms with Gasteiger partial charge < -0.3 is 9.47 Å². The average molecular weight is 386 g/mol. The van der Waals surface area contributed by atoms with Gasteiger partial charge in [-0.05, 0) is 67.1 Å². The summed E-state index contributed by atoms with van der Waals surface area (Å²) in [5, 5.41) is 0. The second-order valence-corrected chi connectivity index (χ2v) is 6.15. The summed E-state index contributed by atoms with van der Waals surface area (Å²) in [7, 11) is 0. The van der Waals surface area contributed by atoms with Gasteiger partial charge in [-0.15, -0.1) is 0 Å². The number of rotatable bonds is 6. The lowest BCUT2D eigenvalue weighted by atomic mass is 10.1. The fourth-order valence-electron chi connectivity index (χ4n) is 2.60. The van der Waals surface area contributed by atoms with E-state index in [1.807, 2.05) is 13.0 Å². The lowest BCUT2D eigenvalue weighted by molar-refractivity contribution is -0.137. The predicted molar refractivity (Wildman–Crippen MR) is 98.8 cm³/mol. The van der Waals surface area contributed by atoms with Crippen LogP contribution in [-0.4, -0.2) is 6.29 Å². The lowest BCUT2D eigenvalue weighted by Gasteiger charge is -2.16. The van der Waals surface area contributed by atoms with Crippen molar-refractivity contribution in [1.29, 1.82) is 0 Å². The Morgan fingerprint density at radius 3 is 2.14 bits per heavy atom. The molecule has 28 heavy (non-hydrogen) atoms. The first kappa shape index (κ1) is 19.5. The van der Waals surface area contributed by atoms with E-state index in [0.29, 0.717) is 17.1 Å². The van der Waals surface area contributed by atoms with Gasteiger partial charge in [0.2, 0.25) is 0 Å². The molecule has 6 heteroatoms. The number of benzene rings is 3. The van der Waals surface area contributed by atoms with Gasteiger partial charge in [-0.25, -0.2) is 0 Å². The number of alkyl halides is 3. The molecule has 0 unspecified atom stereocenters. The second-order valence-electron chi connectivity index (χ2n) is 6.15. The highest BCUT2D eigenvalue weighted by atomic mass is 19.4. The topological polar surface area (TPSA) is 35.5 Å². The van der Waals surface area contributed by atoms with Crippen LogP contribution in [0.25, 0.3) is 0 Å². The summed E-state index contributed by atoms with van der Waals surface area (Å²) in [6, 6.07) is 18.4. The molecule has 0 bridgehead atoms. The Labute approximate surface area is 160 Å². The van der Waals surface area contributed by atoms with Gasteiger partial charge in [0, 0.05) is 5.56 Å². The van der Waals surface area contributed by atoms with Crippen LogP contribution in [0.4, 0.5) is 13.2 Å². The fourth-order valence-corrected chi connectivity index (χ4v) is 2.60. The minimum atomic E-state index is -4.43. The van der Waals surface area contributed by atoms with Crippen molar-refractivity contribution in [3.05, 3.63) is 89.5 Å². The minimum absolute atomic E-state index is 0.102. The minimum Gasteiger partial charge on any atom is -0.486 e. The van der Waals surface area contributed by atoms with Crippen molar-refractivity contribution in [2.45, 2.75) is 19.2 Å². The van der Waals surface area contributed by atoms with E-state index in [2.05, 4.69) is 0 Å². The Morgan fingerprint density at radius 2 is 1.50 bits per heavy atom. The summed E-state index contributed by atoms with van der Waals surface area (Å²) < 4.78 is 50.0. The van der Waals surface area contributed by atoms with Crippen molar-refractivity contribution in [1.82, 2.24) is 0 Å². The van der Waals surface area contributed by atoms with E-state index in [4.69, 9.17) is 9.47 Å². The molecule has 0 spiro atoms. The third-order valence-electron chi connectivity index (χ3n) is 4.05. The highest BCUT2D eigenvalue weighted by Gasteiger charge is 2.30. The van der Waals surface area contributed by atoms with E-state index < -0.39 is 11.7 Å². The summed E-state index contributed by atoms with van der Waals surface area (Å²) >= 11 is 0. The largest absolute Gasteiger partial charge is 0.486 e. The van der Waals surface area contributed by atoms with Crippen LogP contribution in [0.2, 0.25) is 0 Å². The van der Waals surface area contributed by atoms with E-state index >= 15 is 0 Å². The Balaban J connectivity index is 1.73. The first-order valence-corrected chi connectivity index (χ1v) is 8.52. The number of hydrogen-bond acceptors (Lipinski definition) is 3. The highest BCUT2D eigenvalue weighted by Crippen LogP contribution is 2.33. The van der Waals surface area contributed by atoms with E-state index in [1.54, 1.807) is 42.5 Å².